The third-order valence-electron chi connectivity index (χ3n) is 3.40. The largest absolute Gasteiger partial charge is 0.340 e. The van der Waals surface area contributed by atoms with E-state index in [1.54, 1.807) is 11.8 Å². The number of nitrogens with one attached hydrogen (secondary N) is 2. The first-order valence-corrected chi connectivity index (χ1v) is 8.16. The van der Waals surface area contributed by atoms with Crippen molar-refractivity contribution < 1.29 is 0 Å². The van der Waals surface area contributed by atoms with Gasteiger partial charge in [-0.2, -0.15) is 0 Å². The van der Waals surface area contributed by atoms with Crippen molar-refractivity contribution in [3.8, 4) is 0 Å². The number of hydrogen-bond acceptors (Lipinski definition) is 4. The molecule has 0 saturated carbocycles. The molecule has 0 aromatic heterocycles. The molecule has 0 radical (unpaired) electrons. The Morgan fingerprint density at radius 1 is 1.23 bits per heavy atom. The van der Waals surface area contributed by atoms with Crippen LogP contribution in [0.1, 0.15) is 6.92 Å². The third kappa shape index (κ3) is 2.80. The van der Waals surface area contributed by atoms with Crippen LogP contribution >= 0.6 is 24.0 Å². The molecular formula is C16H16N4S2. The predicted molar refractivity (Wildman–Crippen MR) is 98.6 cm³/mol. The summed E-state index contributed by atoms with van der Waals surface area (Å²) in [7, 11) is 0. The Morgan fingerprint density at radius 3 is 2.77 bits per heavy atom. The van der Waals surface area contributed by atoms with E-state index in [9.17, 15) is 0 Å². The van der Waals surface area contributed by atoms with Crippen molar-refractivity contribution in [2.24, 2.45) is 4.99 Å². The molecule has 22 heavy (non-hydrogen) atoms. The first kappa shape index (κ1) is 14.9. The summed E-state index contributed by atoms with van der Waals surface area (Å²) < 4.78 is 0. The Morgan fingerprint density at radius 2 is 2.00 bits per heavy atom. The fraction of sp³-hybridized carbons (Fsp3) is 0.125. The van der Waals surface area contributed by atoms with E-state index in [4.69, 9.17) is 12.2 Å². The molecule has 0 atom stereocenters. The van der Waals surface area contributed by atoms with E-state index in [0.717, 1.165) is 12.2 Å². The Labute approximate surface area is 139 Å². The minimum Gasteiger partial charge on any atom is -0.340 e. The normalized spacial score (nSPS) is 12.1. The number of aliphatic imine (C=N–C) groups is 1. The molecule has 3 rings (SSSR count). The summed E-state index contributed by atoms with van der Waals surface area (Å²) in [5.41, 5.74) is 9.30. The highest BCUT2D eigenvalue weighted by atomic mass is 32.2. The molecule has 1 aliphatic heterocycles. The van der Waals surface area contributed by atoms with Gasteiger partial charge in [0.15, 0.2) is 0 Å². The second-order valence-corrected chi connectivity index (χ2v) is 6.18. The molecule has 0 amide bonds. The Hall–Kier alpha value is -2.05. The predicted octanol–water partition coefficient (Wildman–Crippen LogP) is 4.21. The van der Waals surface area contributed by atoms with Gasteiger partial charge in [-0.3, -0.25) is 10.9 Å². The average Bonchev–Trinajstić information content (AvgIpc) is 2.57. The van der Waals surface area contributed by atoms with Crippen LogP contribution in [0.15, 0.2) is 57.2 Å². The third-order valence-corrected chi connectivity index (χ3v) is 4.74. The average molecular weight is 328 g/mol. The van der Waals surface area contributed by atoms with E-state index in [1.165, 1.54) is 21.2 Å². The van der Waals surface area contributed by atoms with Gasteiger partial charge in [0, 0.05) is 16.3 Å². The van der Waals surface area contributed by atoms with Gasteiger partial charge in [0.05, 0.1) is 17.1 Å². The monoisotopic (exact) mass is 328 g/mol. The smallest absolute Gasteiger partial charge is 0.210 e. The van der Waals surface area contributed by atoms with Crippen LogP contribution in [-0.2, 0) is 0 Å². The summed E-state index contributed by atoms with van der Waals surface area (Å²) in [6.45, 7) is 6.48. The SMILES string of the molecule is C=NC(=S)NNc1ccc2c(c1)Sc1ccccc1N2CC. The van der Waals surface area contributed by atoms with Crippen LogP contribution < -0.4 is 15.8 Å². The second kappa shape index (κ2) is 6.37. The minimum absolute atomic E-state index is 0.325. The lowest BCUT2D eigenvalue weighted by Crippen LogP contribution is -2.26. The molecule has 2 aromatic rings. The van der Waals surface area contributed by atoms with Gasteiger partial charge in [0.25, 0.3) is 0 Å². The maximum Gasteiger partial charge on any atom is 0.210 e. The fourth-order valence-electron chi connectivity index (χ4n) is 2.42. The van der Waals surface area contributed by atoms with Crippen LogP contribution in [0.5, 0.6) is 0 Å². The van der Waals surface area contributed by atoms with Gasteiger partial charge >= 0.3 is 0 Å². The molecule has 2 aromatic carbocycles. The quantitative estimate of drug-likeness (QED) is 0.502. The molecule has 0 saturated heterocycles. The number of benzene rings is 2. The fourth-order valence-corrected chi connectivity index (χ4v) is 3.60. The van der Waals surface area contributed by atoms with Crippen molar-refractivity contribution in [3.05, 3.63) is 42.5 Å². The van der Waals surface area contributed by atoms with Crippen molar-refractivity contribution in [2.45, 2.75) is 16.7 Å². The van der Waals surface area contributed by atoms with Gasteiger partial charge in [0.1, 0.15) is 0 Å². The number of anilines is 3. The second-order valence-electron chi connectivity index (χ2n) is 4.71. The van der Waals surface area contributed by atoms with E-state index >= 15 is 0 Å². The van der Waals surface area contributed by atoms with Gasteiger partial charge in [0.2, 0.25) is 5.11 Å². The zero-order chi connectivity index (χ0) is 15.5. The number of fused-ring (bicyclic) bond motifs is 2. The maximum atomic E-state index is 4.95. The molecule has 6 heteroatoms. The molecule has 1 aliphatic rings. The van der Waals surface area contributed by atoms with Gasteiger partial charge in [-0.1, -0.05) is 23.9 Å². The van der Waals surface area contributed by atoms with E-state index in [-0.39, 0.29) is 0 Å². The number of hydrazine groups is 1. The lowest BCUT2D eigenvalue weighted by atomic mass is 10.2. The van der Waals surface area contributed by atoms with Crippen LogP contribution in [0.4, 0.5) is 17.1 Å². The summed E-state index contributed by atoms with van der Waals surface area (Å²) in [4.78, 5) is 8.45. The Balaban J connectivity index is 1.91. The number of nitrogens with zero attached hydrogens (tertiary/aromatic N) is 2. The lowest BCUT2D eigenvalue weighted by Gasteiger charge is -2.32. The van der Waals surface area contributed by atoms with Gasteiger partial charge in [-0.25, -0.2) is 4.99 Å². The number of para-hydroxylation sites is 1. The lowest BCUT2D eigenvalue weighted by molar-refractivity contribution is 0.978. The van der Waals surface area contributed by atoms with Crippen molar-refractivity contribution in [1.82, 2.24) is 5.43 Å². The van der Waals surface area contributed by atoms with E-state index in [0.29, 0.717) is 5.11 Å². The highest BCUT2D eigenvalue weighted by Crippen LogP contribution is 2.48. The number of thiocarbonyl (C=S) groups is 1. The Bertz CT molecular complexity index is 730. The van der Waals surface area contributed by atoms with Crippen LogP contribution in [0.25, 0.3) is 0 Å². The molecule has 112 valence electrons. The van der Waals surface area contributed by atoms with Crippen molar-refractivity contribution >= 4 is 52.9 Å². The van der Waals surface area contributed by atoms with Gasteiger partial charge in [-0.05, 0) is 56.2 Å². The zero-order valence-electron chi connectivity index (χ0n) is 12.2. The topological polar surface area (TPSA) is 39.7 Å². The van der Waals surface area contributed by atoms with E-state index in [1.807, 2.05) is 6.07 Å². The highest BCUT2D eigenvalue weighted by Gasteiger charge is 2.22. The first-order chi connectivity index (χ1) is 10.7. The van der Waals surface area contributed by atoms with Crippen LogP contribution in [0, 0.1) is 0 Å². The molecule has 0 unspecified atom stereocenters. The molecular weight excluding hydrogens is 312 g/mol. The molecule has 0 spiro atoms. The number of hydrogen-bond donors (Lipinski definition) is 2. The summed E-state index contributed by atoms with van der Waals surface area (Å²) >= 11 is 6.73. The van der Waals surface area contributed by atoms with Gasteiger partial charge in [-0.15, -0.1) is 0 Å². The maximum absolute atomic E-state index is 4.95. The van der Waals surface area contributed by atoms with Crippen molar-refractivity contribution in [2.75, 3.05) is 16.9 Å². The van der Waals surface area contributed by atoms with Crippen molar-refractivity contribution in [1.29, 1.82) is 0 Å². The molecule has 2 N–H and O–H groups in total. The Kier molecular flexibility index (Phi) is 4.31. The molecule has 0 fully saturated rings. The minimum atomic E-state index is 0.325. The molecule has 0 aliphatic carbocycles. The summed E-state index contributed by atoms with van der Waals surface area (Å²) in [5, 5.41) is 0.325. The van der Waals surface area contributed by atoms with Gasteiger partial charge < -0.3 is 4.90 Å². The molecule has 1 heterocycles. The zero-order valence-corrected chi connectivity index (χ0v) is 13.8. The van der Waals surface area contributed by atoms with Crippen molar-refractivity contribution in [3.63, 3.8) is 0 Å². The standard InChI is InChI=1S/C16H16N4S2/c1-3-20-12-6-4-5-7-14(12)22-15-10-11(8-9-13(15)20)18-19-16(21)17-2/h4-10,18H,2-3H2,1H3,(H,19,21). The highest BCUT2D eigenvalue weighted by molar-refractivity contribution is 7.99. The van der Waals surface area contributed by atoms with Crippen LogP contribution in [0.3, 0.4) is 0 Å². The summed E-state index contributed by atoms with van der Waals surface area (Å²) in [6, 6.07) is 14.7. The van der Waals surface area contributed by atoms with E-state index in [2.05, 4.69) is 70.8 Å². The van der Waals surface area contributed by atoms with E-state index < -0.39 is 0 Å². The first-order valence-electron chi connectivity index (χ1n) is 6.94. The molecule has 4 nitrogen and oxygen atoms in total. The number of rotatable bonds is 3. The molecule has 0 bridgehead atoms. The van der Waals surface area contributed by atoms with Crippen LogP contribution in [-0.4, -0.2) is 18.4 Å². The summed E-state index contributed by atoms with van der Waals surface area (Å²) in [6.07, 6.45) is 0. The summed E-state index contributed by atoms with van der Waals surface area (Å²) in [5.74, 6) is 0. The van der Waals surface area contributed by atoms with Crippen LogP contribution in [0.2, 0.25) is 0 Å².